The molecule has 0 saturated carbocycles. The van der Waals surface area contributed by atoms with Crippen LogP contribution in [0.25, 0.3) is 5.76 Å². The van der Waals surface area contributed by atoms with Crippen LogP contribution >= 0.6 is 0 Å². The fourth-order valence-corrected chi connectivity index (χ4v) is 9.96. The van der Waals surface area contributed by atoms with Crippen molar-refractivity contribution in [1.29, 1.82) is 0 Å². The minimum Gasteiger partial charge on any atom is -0.491 e. The van der Waals surface area contributed by atoms with Crippen molar-refractivity contribution >= 4 is 17.6 Å². The normalized spacial score (nSPS) is 20.6. The highest BCUT2D eigenvalue weighted by atomic mass is 16.5. The van der Waals surface area contributed by atoms with Crippen LogP contribution < -0.4 is 9.47 Å². The summed E-state index contributed by atoms with van der Waals surface area (Å²) < 4.78 is 37.5. The first-order chi connectivity index (χ1) is 33.5. The van der Waals surface area contributed by atoms with Crippen molar-refractivity contribution in [3.8, 4) is 11.5 Å². The van der Waals surface area contributed by atoms with Crippen LogP contribution in [0.3, 0.4) is 0 Å². The van der Waals surface area contributed by atoms with Gasteiger partial charge in [0.05, 0.1) is 48.3 Å². The van der Waals surface area contributed by atoms with E-state index in [9.17, 15) is 9.59 Å². The average molecular weight is 963 g/mol. The van der Waals surface area contributed by atoms with Crippen molar-refractivity contribution < 1.29 is 43.1 Å². The second-order valence-corrected chi connectivity index (χ2v) is 20.2. The van der Waals surface area contributed by atoms with E-state index in [4.69, 9.17) is 33.5 Å². The Kier molecular flexibility index (Phi) is 19.0. The van der Waals surface area contributed by atoms with E-state index in [1.54, 1.807) is 12.4 Å². The molecule has 0 radical (unpaired) electrons. The van der Waals surface area contributed by atoms with Crippen molar-refractivity contribution in [2.24, 2.45) is 0 Å². The molecule has 3 fully saturated rings. The van der Waals surface area contributed by atoms with E-state index < -0.39 is 0 Å². The molecule has 0 aliphatic carbocycles. The number of aromatic nitrogens is 2. The van der Waals surface area contributed by atoms with Crippen molar-refractivity contribution in [2.75, 3.05) is 33.3 Å². The van der Waals surface area contributed by atoms with Crippen LogP contribution in [0.5, 0.6) is 11.5 Å². The van der Waals surface area contributed by atoms with Crippen LogP contribution in [0.4, 0.5) is 0 Å². The Bertz CT molecular complexity index is 2320. The van der Waals surface area contributed by atoms with Gasteiger partial charge < -0.3 is 43.3 Å². The van der Waals surface area contributed by atoms with Gasteiger partial charge in [-0.05, 0) is 159 Å². The molecule has 8 rings (SSSR count). The number of benzene rings is 2. The summed E-state index contributed by atoms with van der Waals surface area (Å²) in [4.78, 5) is 39.0. The highest BCUT2D eigenvalue weighted by Gasteiger charge is 2.46. The van der Waals surface area contributed by atoms with Gasteiger partial charge in [-0.25, -0.2) is 0 Å². The lowest BCUT2D eigenvalue weighted by Crippen LogP contribution is -2.52. The zero-order valence-corrected chi connectivity index (χ0v) is 43.5. The van der Waals surface area contributed by atoms with Crippen LogP contribution in [-0.4, -0.2) is 118 Å². The van der Waals surface area contributed by atoms with E-state index in [-0.39, 0.29) is 65.7 Å². The monoisotopic (exact) mass is 963 g/mol. The lowest BCUT2D eigenvalue weighted by molar-refractivity contribution is -0.197. The molecule has 0 bridgehead atoms. The Labute approximate surface area is 416 Å². The van der Waals surface area contributed by atoms with Gasteiger partial charge in [0.25, 0.3) is 11.8 Å². The molecule has 2 amide bonds. The molecule has 4 aliphatic heterocycles. The molecule has 4 aliphatic rings. The van der Waals surface area contributed by atoms with E-state index in [2.05, 4.69) is 49.8 Å². The van der Waals surface area contributed by atoms with Crippen LogP contribution in [0, 0.1) is 13.8 Å². The van der Waals surface area contributed by atoms with Crippen molar-refractivity contribution in [3.63, 3.8) is 0 Å². The van der Waals surface area contributed by atoms with E-state index >= 15 is 0 Å². The maximum absolute atomic E-state index is 13.3. The highest BCUT2D eigenvalue weighted by Crippen LogP contribution is 2.45. The van der Waals surface area contributed by atoms with Gasteiger partial charge >= 0.3 is 0 Å². The number of hydrogen-bond acceptors (Lipinski definition) is 11. The molecule has 70 heavy (non-hydrogen) atoms. The van der Waals surface area contributed by atoms with Crippen molar-refractivity contribution in [2.45, 2.75) is 168 Å². The number of aryl methyl sites for hydroxylation is 2. The standard InChI is InChI=1S/C28H38N2O4.C28H36N2O4.CH4O/c2*1-19(2)32-24-16-26(23-7-6-12-29-18-23)34-28(17-24)10-13-30(14-11-28)27(31)22-8-9-25(21(5)15-22)33-20(3)4;1-2/h6-9,12,15,18-20,24,26H,10-11,13-14,16-17H2,1-5H3;6-9,12,15-16,18-20,24H,10-11,13-14,17H2,1-5H3;2H,1H3. The topological polar surface area (TPSA) is 142 Å². The van der Waals surface area contributed by atoms with Gasteiger partial charge in [0.2, 0.25) is 0 Å². The van der Waals surface area contributed by atoms with Crippen LogP contribution in [-0.2, 0) is 18.9 Å². The molecule has 13 heteroatoms. The molecule has 3 saturated heterocycles. The number of rotatable bonds is 12. The summed E-state index contributed by atoms with van der Waals surface area (Å²) in [7, 11) is 1.00. The first kappa shape index (κ1) is 54.0. The summed E-state index contributed by atoms with van der Waals surface area (Å²) in [5.74, 6) is 2.61. The fraction of sp³-hybridized carbons (Fsp3) is 0.544. The molecule has 380 valence electrons. The second-order valence-electron chi connectivity index (χ2n) is 20.2. The number of likely N-dealkylation sites (tertiary alicyclic amines) is 2. The third-order valence-corrected chi connectivity index (χ3v) is 13.1. The Morgan fingerprint density at radius 1 is 0.657 bits per heavy atom. The minimum absolute atomic E-state index is 0.0256. The lowest BCUT2D eigenvalue weighted by Gasteiger charge is -2.49. The number of nitrogens with zero attached hydrogens (tertiary/aromatic N) is 4. The van der Waals surface area contributed by atoms with Crippen LogP contribution in [0.15, 0.2) is 91.5 Å². The Morgan fingerprint density at radius 2 is 1.17 bits per heavy atom. The number of ether oxygens (including phenoxy) is 6. The quantitative estimate of drug-likeness (QED) is 0.145. The molecule has 2 aromatic heterocycles. The number of aliphatic hydroxyl groups excluding tert-OH is 1. The number of amides is 2. The molecular formula is C57H78N4O9. The number of hydrogen-bond donors (Lipinski definition) is 1. The van der Waals surface area contributed by atoms with Gasteiger partial charge in [0.15, 0.2) is 0 Å². The molecule has 2 aromatic carbocycles. The highest BCUT2D eigenvalue weighted by molar-refractivity contribution is 5.95. The number of carbonyl (C=O) groups excluding carboxylic acids is 2. The molecule has 2 spiro atoms. The summed E-state index contributed by atoms with van der Waals surface area (Å²) in [6.45, 7) is 22.9. The first-order valence-corrected chi connectivity index (χ1v) is 25.3. The van der Waals surface area contributed by atoms with Gasteiger partial charge in [0, 0.05) is 107 Å². The average Bonchev–Trinajstić information content (AvgIpc) is 3.33. The maximum atomic E-state index is 13.3. The summed E-state index contributed by atoms with van der Waals surface area (Å²) in [5, 5.41) is 7.00. The van der Waals surface area contributed by atoms with Crippen molar-refractivity contribution in [1.82, 2.24) is 19.8 Å². The Morgan fingerprint density at radius 3 is 1.63 bits per heavy atom. The van der Waals surface area contributed by atoms with Gasteiger partial charge in [-0.3, -0.25) is 19.6 Å². The van der Waals surface area contributed by atoms with Crippen molar-refractivity contribution in [3.05, 3.63) is 125 Å². The molecule has 6 heterocycles. The van der Waals surface area contributed by atoms with E-state index in [0.29, 0.717) is 37.3 Å². The second kappa shape index (κ2) is 24.7. The Hall–Kier alpha value is -5.34. The fourth-order valence-electron chi connectivity index (χ4n) is 9.96. The summed E-state index contributed by atoms with van der Waals surface area (Å²) in [6.07, 6.45) is 15.5. The molecule has 1 N–H and O–H groups in total. The number of carbonyl (C=O) groups is 2. The Balaban J connectivity index is 0.000000222. The minimum atomic E-state index is -0.346. The zero-order chi connectivity index (χ0) is 50.6. The van der Waals surface area contributed by atoms with Crippen LogP contribution in [0.2, 0.25) is 0 Å². The van der Waals surface area contributed by atoms with Gasteiger partial charge in [-0.15, -0.1) is 0 Å². The number of pyridine rings is 2. The third-order valence-electron chi connectivity index (χ3n) is 13.1. The smallest absolute Gasteiger partial charge is 0.253 e. The molecule has 3 unspecified atom stereocenters. The van der Waals surface area contributed by atoms with E-state index in [1.807, 2.05) is 118 Å². The number of aliphatic hydroxyl groups is 1. The SMILES string of the molecule is CO.Cc1cc(C(=O)N2CCC3(CC2)CC(OC(C)C)C=C(c2cccnc2)O3)ccc1OC(C)C.Cc1cc(C(=O)N2CCC3(CC2)CC(OC(C)C)CC(c2cccnc2)O3)ccc1OC(C)C. The predicted molar refractivity (Wildman–Crippen MR) is 273 cm³/mol. The summed E-state index contributed by atoms with van der Waals surface area (Å²) in [5.41, 5.74) is 4.80. The third kappa shape index (κ3) is 14.4. The molecule has 3 atom stereocenters. The zero-order valence-electron chi connectivity index (χ0n) is 43.5. The molecule has 4 aromatic rings. The van der Waals surface area contributed by atoms with Gasteiger partial charge in [-0.1, -0.05) is 6.07 Å². The largest absolute Gasteiger partial charge is 0.491 e. The van der Waals surface area contributed by atoms with Crippen LogP contribution in [0.1, 0.15) is 149 Å². The predicted octanol–water partition coefficient (Wildman–Crippen LogP) is 10.5. The summed E-state index contributed by atoms with van der Waals surface area (Å²) in [6, 6.07) is 19.4. The van der Waals surface area contributed by atoms with E-state index in [0.717, 1.165) is 91.6 Å². The molecule has 13 nitrogen and oxygen atoms in total. The molecular weight excluding hydrogens is 885 g/mol. The van der Waals surface area contributed by atoms with Gasteiger partial charge in [-0.2, -0.15) is 0 Å². The first-order valence-electron chi connectivity index (χ1n) is 25.3. The van der Waals surface area contributed by atoms with Gasteiger partial charge in [0.1, 0.15) is 22.9 Å². The summed E-state index contributed by atoms with van der Waals surface area (Å²) >= 11 is 0. The maximum Gasteiger partial charge on any atom is 0.253 e. The number of piperidine rings is 2. The lowest BCUT2D eigenvalue weighted by atomic mass is 9.80. The van der Waals surface area contributed by atoms with E-state index in [1.165, 1.54) is 0 Å².